The Balaban J connectivity index is 2.07. The normalized spacial score (nSPS) is 32.6. The maximum absolute atomic E-state index is 11.7. The molecule has 1 amide bonds. The van der Waals surface area contributed by atoms with E-state index in [1.165, 1.54) is 11.3 Å². The molecule has 15 heavy (non-hydrogen) atoms. The fourth-order valence-electron chi connectivity index (χ4n) is 2.77. The molecule has 0 spiro atoms. The zero-order valence-corrected chi connectivity index (χ0v) is 8.66. The first-order valence-electron chi connectivity index (χ1n) is 5.40. The van der Waals surface area contributed by atoms with Gasteiger partial charge in [0.2, 0.25) is 5.91 Å². The van der Waals surface area contributed by atoms with Crippen LogP contribution in [0.25, 0.3) is 0 Å². The SMILES string of the molecule is CC1c2ccccc2NC2CNC(=O)C21. The van der Waals surface area contributed by atoms with Gasteiger partial charge >= 0.3 is 0 Å². The van der Waals surface area contributed by atoms with Gasteiger partial charge in [-0.15, -0.1) is 0 Å². The predicted molar refractivity (Wildman–Crippen MR) is 58.8 cm³/mol. The lowest BCUT2D eigenvalue weighted by molar-refractivity contribution is -0.123. The molecule has 2 heterocycles. The van der Waals surface area contributed by atoms with Crippen LogP contribution in [-0.4, -0.2) is 18.5 Å². The number of hydrogen-bond acceptors (Lipinski definition) is 2. The molecule has 2 aliphatic rings. The number of benzene rings is 1. The third-order valence-electron chi connectivity index (χ3n) is 3.56. The van der Waals surface area contributed by atoms with Crippen molar-refractivity contribution in [2.45, 2.75) is 18.9 Å². The first-order valence-corrected chi connectivity index (χ1v) is 5.40. The number of fused-ring (bicyclic) bond motifs is 2. The number of anilines is 1. The van der Waals surface area contributed by atoms with Crippen molar-refractivity contribution in [3.8, 4) is 0 Å². The molecule has 1 aromatic carbocycles. The van der Waals surface area contributed by atoms with E-state index in [1.807, 2.05) is 12.1 Å². The maximum atomic E-state index is 11.7. The van der Waals surface area contributed by atoms with Crippen molar-refractivity contribution in [1.29, 1.82) is 0 Å². The van der Waals surface area contributed by atoms with Crippen molar-refractivity contribution in [2.75, 3.05) is 11.9 Å². The maximum Gasteiger partial charge on any atom is 0.225 e. The minimum absolute atomic E-state index is 0.0971. The van der Waals surface area contributed by atoms with E-state index in [9.17, 15) is 4.79 Å². The van der Waals surface area contributed by atoms with E-state index in [0.717, 1.165) is 6.54 Å². The highest BCUT2D eigenvalue weighted by Gasteiger charge is 2.42. The Morgan fingerprint density at radius 3 is 3.00 bits per heavy atom. The number of hydrogen-bond donors (Lipinski definition) is 2. The fourth-order valence-corrected chi connectivity index (χ4v) is 2.77. The quantitative estimate of drug-likeness (QED) is 0.666. The number of para-hydroxylation sites is 1. The molecule has 1 saturated heterocycles. The van der Waals surface area contributed by atoms with E-state index in [0.29, 0.717) is 5.92 Å². The molecule has 2 N–H and O–H groups in total. The van der Waals surface area contributed by atoms with Crippen molar-refractivity contribution >= 4 is 11.6 Å². The highest BCUT2D eigenvalue weighted by Crippen LogP contribution is 2.39. The monoisotopic (exact) mass is 202 g/mol. The number of nitrogens with one attached hydrogen (secondary N) is 2. The molecule has 0 saturated carbocycles. The molecule has 3 atom stereocenters. The van der Waals surface area contributed by atoms with Crippen LogP contribution in [-0.2, 0) is 4.79 Å². The lowest BCUT2D eigenvalue weighted by Gasteiger charge is -2.32. The van der Waals surface area contributed by atoms with Crippen LogP contribution in [0.15, 0.2) is 24.3 Å². The Labute approximate surface area is 88.9 Å². The second-order valence-electron chi connectivity index (χ2n) is 4.40. The van der Waals surface area contributed by atoms with Gasteiger partial charge in [-0.2, -0.15) is 0 Å². The van der Waals surface area contributed by atoms with Gasteiger partial charge in [0.05, 0.1) is 12.0 Å². The summed E-state index contributed by atoms with van der Waals surface area (Å²) in [5.41, 5.74) is 2.44. The number of carbonyl (C=O) groups is 1. The zero-order chi connectivity index (χ0) is 10.4. The van der Waals surface area contributed by atoms with Crippen molar-refractivity contribution in [3.05, 3.63) is 29.8 Å². The summed E-state index contributed by atoms with van der Waals surface area (Å²) in [5, 5.41) is 6.36. The third-order valence-corrected chi connectivity index (χ3v) is 3.56. The molecule has 78 valence electrons. The van der Waals surface area contributed by atoms with Gasteiger partial charge in [-0.1, -0.05) is 25.1 Å². The molecular formula is C12H14N2O. The molecule has 3 nitrogen and oxygen atoms in total. The smallest absolute Gasteiger partial charge is 0.225 e. The summed E-state index contributed by atoms with van der Waals surface area (Å²) < 4.78 is 0. The van der Waals surface area contributed by atoms with E-state index in [4.69, 9.17) is 0 Å². The topological polar surface area (TPSA) is 41.1 Å². The van der Waals surface area contributed by atoms with Crippen LogP contribution < -0.4 is 10.6 Å². The zero-order valence-electron chi connectivity index (χ0n) is 8.66. The Bertz CT molecular complexity index is 416. The van der Waals surface area contributed by atoms with E-state index in [-0.39, 0.29) is 17.9 Å². The number of amides is 1. The van der Waals surface area contributed by atoms with Gasteiger partial charge in [-0.25, -0.2) is 0 Å². The van der Waals surface area contributed by atoms with Crippen LogP contribution in [0, 0.1) is 5.92 Å². The van der Waals surface area contributed by atoms with Gasteiger partial charge in [-0.3, -0.25) is 4.79 Å². The largest absolute Gasteiger partial charge is 0.379 e. The van der Waals surface area contributed by atoms with Gasteiger partial charge < -0.3 is 10.6 Å². The number of rotatable bonds is 0. The molecule has 1 aromatic rings. The molecule has 2 aliphatic heterocycles. The van der Waals surface area contributed by atoms with Crippen molar-refractivity contribution in [3.63, 3.8) is 0 Å². The molecule has 3 unspecified atom stereocenters. The van der Waals surface area contributed by atoms with Gasteiger partial charge in [0.25, 0.3) is 0 Å². The van der Waals surface area contributed by atoms with Crippen LogP contribution >= 0.6 is 0 Å². The van der Waals surface area contributed by atoms with Crippen LogP contribution in [0.2, 0.25) is 0 Å². The van der Waals surface area contributed by atoms with Gasteiger partial charge in [0.15, 0.2) is 0 Å². The Kier molecular flexibility index (Phi) is 1.75. The predicted octanol–water partition coefficient (Wildman–Crippen LogP) is 1.33. The average molecular weight is 202 g/mol. The van der Waals surface area contributed by atoms with Crippen molar-refractivity contribution in [1.82, 2.24) is 5.32 Å². The molecule has 0 aliphatic carbocycles. The molecule has 0 radical (unpaired) electrons. The highest BCUT2D eigenvalue weighted by molar-refractivity contribution is 5.85. The van der Waals surface area contributed by atoms with Gasteiger partial charge in [0.1, 0.15) is 0 Å². The second kappa shape index (κ2) is 2.99. The Morgan fingerprint density at radius 1 is 1.33 bits per heavy atom. The lowest BCUT2D eigenvalue weighted by Crippen LogP contribution is -2.37. The molecule has 3 rings (SSSR count). The fraction of sp³-hybridized carbons (Fsp3) is 0.417. The van der Waals surface area contributed by atoms with Gasteiger partial charge in [-0.05, 0) is 17.5 Å². The molecule has 3 heteroatoms. The van der Waals surface area contributed by atoms with E-state index in [1.54, 1.807) is 0 Å². The first-order chi connectivity index (χ1) is 7.27. The summed E-state index contributed by atoms with van der Waals surface area (Å²) >= 11 is 0. The summed E-state index contributed by atoms with van der Waals surface area (Å²) in [7, 11) is 0. The average Bonchev–Trinajstić information content (AvgIpc) is 2.61. The first kappa shape index (κ1) is 8.77. The summed E-state index contributed by atoms with van der Waals surface area (Å²) in [6.07, 6.45) is 0. The summed E-state index contributed by atoms with van der Waals surface area (Å²) in [4.78, 5) is 11.7. The minimum atomic E-state index is 0.0971. The molecule has 1 fully saturated rings. The van der Waals surface area contributed by atoms with Crippen LogP contribution in [0.3, 0.4) is 0 Å². The van der Waals surface area contributed by atoms with E-state index >= 15 is 0 Å². The van der Waals surface area contributed by atoms with Crippen LogP contribution in [0.5, 0.6) is 0 Å². The summed E-state index contributed by atoms with van der Waals surface area (Å²) in [6, 6.07) is 8.52. The highest BCUT2D eigenvalue weighted by atomic mass is 16.2. The Hall–Kier alpha value is -1.51. The number of carbonyl (C=O) groups excluding carboxylic acids is 1. The summed E-state index contributed by atoms with van der Waals surface area (Å²) in [5.74, 6) is 0.601. The van der Waals surface area contributed by atoms with E-state index < -0.39 is 0 Å². The lowest BCUT2D eigenvalue weighted by atomic mass is 9.80. The molecular weight excluding hydrogens is 188 g/mol. The van der Waals surface area contributed by atoms with Gasteiger partial charge in [0, 0.05) is 12.2 Å². The van der Waals surface area contributed by atoms with Crippen LogP contribution in [0.1, 0.15) is 18.4 Å². The second-order valence-corrected chi connectivity index (χ2v) is 4.40. The summed E-state index contributed by atoms with van der Waals surface area (Å²) in [6.45, 7) is 2.89. The van der Waals surface area contributed by atoms with Crippen molar-refractivity contribution < 1.29 is 4.79 Å². The van der Waals surface area contributed by atoms with Crippen molar-refractivity contribution in [2.24, 2.45) is 5.92 Å². The van der Waals surface area contributed by atoms with E-state index in [2.05, 4.69) is 29.7 Å². The third kappa shape index (κ3) is 1.16. The minimum Gasteiger partial charge on any atom is -0.379 e. The molecule has 0 bridgehead atoms. The molecule has 0 aromatic heterocycles. The standard InChI is InChI=1S/C12H14N2O/c1-7-8-4-2-3-5-9(8)14-10-6-13-12(15)11(7)10/h2-5,7,10-11,14H,6H2,1H3,(H,13,15). The van der Waals surface area contributed by atoms with Crippen LogP contribution in [0.4, 0.5) is 5.69 Å². The Morgan fingerprint density at radius 2 is 2.13 bits per heavy atom.